The molecule has 14 heavy (non-hydrogen) atoms. The van der Waals surface area contributed by atoms with Gasteiger partial charge in [0.15, 0.2) is 0 Å². The van der Waals surface area contributed by atoms with Gasteiger partial charge in [0.05, 0.1) is 4.87 Å². The second-order valence-electron chi connectivity index (χ2n) is 5.03. The molecule has 1 saturated heterocycles. The Kier molecular flexibility index (Phi) is 3.43. The van der Waals surface area contributed by atoms with Gasteiger partial charge in [-0.3, -0.25) is 0 Å². The Bertz CT molecular complexity index is 185. The fourth-order valence-corrected chi connectivity index (χ4v) is 4.51. The van der Waals surface area contributed by atoms with E-state index in [1.807, 2.05) is 0 Å². The van der Waals surface area contributed by atoms with Gasteiger partial charge in [-0.25, -0.2) is 0 Å². The summed E-state index contributed by atoms with van der Waals surface area (Å²) in [5.41, 5.74) is 0. The Labute approximate surface area is 92.4 Å². The molecular weight excluding hydrogens is 190 g/mol. The molecule has 2 aliphatic rings. The highest BCUT2D eigenvalue weighted by molar-refractivity contribution is 8.00. The zero-order valence-electron chi connectivity index (χ0n) is 9.51. The highest BCUT2D eigenvalue weighted by Gasteiger charge is 2.38. The lowest BCUT2D eigenvalue weighted by atomic mass is 9.83. The van der Waals surface area contributed by atoms with Crippen molar-refractivity contribution in [1.29, 1.82) is 0 Å². The molecular formula is C12H23NS. The van der Waals surface area contributed by atoms with Crippen molar-refractivity contribution in [2.75, 3.05) is 5.75 Å². The molecule has 0 aromatic heterocycles. The lowest BCUT2D eigenvalue weighted by Crippen LogP contribution is -2.52. The molecule has 0 amide bonds. The average molecular weight is 213 g/mol. The van der Waals surface area contributed by atoms with Crippen molar-refractivity contribution >= 4 is 11.8 Å². The average Bonchev–Trinajstić information content (AvgIpc) is 2.19. The number of hydrogen-bond acceptors (Lipinski definition) is 2. The van der Waals surface area contributed by atoms with Crippen LogP contribution in [0, 0.1) is 5.92 Å². The van der Waals surface area contributed by atoms with Gasteiger partial charge in [0, 0.05) is 6.04 Å². The van der Waals surface area contributed by atoms with Gasteiger partial charge in [-0.1, -0.05) is 13.3 Å². The van der Waals surface area contributed by atoms with E-state index in [0.717, 1.165) is 12.0 Å². The van der Waals surface area contributed by atoms with Crippen LogP contribution in [0.15, 0.2) is 0 Å². The molecule has 0 aromatic carbocycles. The summed E-state index contributed by atoms with van der Waals surface area (Å²) in [4.78, 5) is 0.476. The van der Waals surface area contributed by atoms with Crippen molar-refractivity contribution in [3.05, 3.63) is 0 Å². The lowest BCUT2D eigenvalue weighted by Gasteiger charge is -2.45. The molecule has 1 saturated carbocycles. The molecule has 1 spiro atoms. The quantitative estimate of drug-likeness (QED) is 0.716. The van der Waals surface area contributed by atoms with E-state index in [1.165, 1.54) is 44.3 Å². The monoisotopic (exact) mass is 213 g/mol. The van der Waals surface area contributed by atoms with E-state index < -0.39 is 0 Å². The summed E-state index contributed by atoms with van der Waals surface area (Å²) in [5.74, 6) is 2.38. The summed E-state index contributed by atoms with van der Waals surface area (Å²) in [7, 11) is 0. The summed E-state index contributed by atoms with van der Waals surface area (Å²) in [6.07, 6.45) is 8.44. The van der Waals surface area contributed by atoms with Gasteiger partial charge in [-0.05, 0) is 50.7 Å². The van der Waals surface area contributed by atoms with Crippen LogP contribution in [0.4, 0.5) is 0 Å². The van der Waals surface area contributed by atoms with E-state index >= 15 is 0 Å². The summed E-state index contributed by atoms with van der Waals surface area (Å²) in [5, 5.41) is 3.84. The molecule has 1 heterocycles. The Balaban J connectivity index is 1.91. The molecule has 2 rings (SSSR count). The first-order valence-corrected chi connectivity index (χ1v) is 7.14. The summed E-state index contributed by atoms with van der Waals surface area (Å²) in [6, 6.07) is 0.745. The van der Waals surface area contributed by atoms with Gasteiger partial charge < -0.3 is 5.32 Å². The molecule has 0 aromatic rings. The van der Waals surface area contributed by atoms with Gasteiger partial charge in [0.25, 0.3) is 0 Å². The van der Waals surface area contributed by atoms with Crippen LogP contribution in [-0.2, 0) is 0 Å². The Hall–Kier alpha value is 0.310. The molecule has 1 atom stereocenters. The normalized spacial score (nSPS) is 44.1. The summed E-state index contributed by atoms with van der Waals surface area (Å²) in [6.45, 7) is 4.68. The predicted octanol–water partition coefficient (Wildman–Crippen LogP) is 3.40. The Morgan fingerprint density at radius 1 is 1.29 bits per heavy atom. The molecule has 0 bridgehead atoms. The maximum Gasteiger partial charge on any atom is 0.0647 e. The van der Waals surface area contributed by atoms with Crippen molar-refractivity contribution in [3.63, 3.8) is 0 Å². The SMILES string of the molecule is CCC1CCC2(CC1)NC(C)CCS2. The van der Waals surface area contributed by atoms with Crippen LogP contribution in [0.25, 0.3) is 0 Å². The second kappa shape index (κ2) is 4.44. The fraction of sp³-hybridized carbons (Fsp3) is 1.00. The number of nitrogens with one attached hydrogen (secondary N) is 1. The third kappa shape index (κ3) is 2.27. The highest BCUT2D eigenvalue weighted by atomic mass is 32.2. The molecule has 2 fully saturated rings. The van der Waals surface area contributed by atoms with E-state index in [4.69, 9.17) is 0 Å². The van der Waals surface area contributed by atoms with E-state index in [9.17, 15) is 0 Å². The number of rotatable bonds is 1. The molecule has 1 aliphatic carbocycles. The van der Waals surface area contributed by atoms with E-state index in [2.05, 4.69) is 30.9 Å². The number of hydrogen-bond donors (Lipinski definition) is 1. The first kappa shape index (κ1) is 10.8. The van der Waals surface area contributed by atoms with Gasteiger partial charge in [0.1, 0.15) is 0 Å². The zero-order chi connectivity index (χ0) is 10.0. The largest absolute Gasteiger partial charge is 0.300 e. The zero-order valence-corrected chi connectivity index (χ0v) is 10.3. The van der Waals surface area contributed by atoms with Crippen LogP contribution in [0.2, 0.25) is 0 Å². The van der Waals surface area contributed by atoms with Crippen LogP contribution in [-0.4, -0.2) is 16.7 Å². The molecule has 1 unspecified atom stereocenters. The number of thioether (sulfide) groups is 1. The van der Waals surface area contributed by atoms with E-state index in [1.54, 1.807) is 0 Å². The van der Waals surface area contributed by atoms with Crippen molar-refractivity contribution in [2.45, 2.75) is 63.3 Å². The molecule has 1 N–H and O–H groups in total. The third-order valence-corrected chi connectivity index (χ3v) is 5.45. The van der Waals surface area contributed by atoms with Gasteiger partial charge in [-0.15, -0.1) is 11.8 Å². The van der Waals surface area contributed by atoms with Gasteiger partial charge in [-0.2, -0.15) is 0 Å². The molecule has 1 nitrogen and oxygen atoms in total. The molecule has 0 radical (unpaired) electrons. The molecule has 1 aliphatic heterocycles. The van der Waals surface area contributed by atoms with Crippen LogP contribution in [0.1, 0.15) is 52.4 Å². The lowest BCUT2D eigenvalue weighted by molar-refractivity contribution is 0.240. The van der Waals surface area contributed by atoms with Crippen LogP contribution < -0.4 is 5.32 Å². The van der Waals surface area contributed by atoms with Crippen LogP contribution in [0.3, 0.4) is 0 Å². The second-order valence-corrected chi connectivity index (χ2v) is 6.51. The van der Waals surface area contributed by atoms with Crippen molar-refractivity contribution in [2.24, 2.45) is 5.92 Å². The minimum atomic E-state index is 0.476. The first-order valence-electron chi connectivity index (χ1n) is 6.16. The maximum absolute atomic E-state index is 3.84. The minimum absolute atomic E-state index is 0.476. The standard InChI is InChI=1S/C12H23NS/c1-3-11-4-7-12(8-5-11)13-10(2)6-9-14-12/h10-11,13H,3-9H2,1-2H3. The molecule has 82 valence electrons. The third-order valence-electron chi connectivity index (χ3n) is 3.93. The smallest absolute Gasteiger partial charge is 0.0647 e. The van der Waals surface area contributed by atoms with Crippen molar-refractivity contribution in [3.8, 4) is 0 Å². The topological polar surface area (TPSA) is 12.0 Å². The highest BCUT2D eigenvalue weighted by Crippen LogP contribution is 2.43. The van der Waals surface area contributed by atoms with Gasteiger partial charge in [0.2, 0.25) is 0 Å². The molecule has 2 heteroatoms. The first-order chi connectivity index (χ1) is 6.74. The van der Waals surface area contributed by atoms with Crippen molar-refractivity contribution < 1.29 is 0 Å². The van der Waals surface area contributed by atoms with Crippen LogP contribution >= 0.6 is 11.8 Å². The Morgan fingerprint density at radius 3 is 2.57 bits per heavy atom. The Morgan fingerprint density at radius 2 is 2.00 bits per heavy atom. The van der Waals surface area contributed by atoms with Gasteiger partial charge >= 0.3 is 0 Å². The minimum Gasteiger partial charge on any atom is -0.300 e. The summed E-state index contributed by atoms with van der Waals surface area (Å²) < 4.78 is 0. The van der Waals surface area contributed by atoms with E-state index in [0.29, 0.717) is 4.87 Å². The predicted molar refractivity (Wildman–Crippen MR) is 64.7 cm³/mol. The van der Waals surface area contributed by atoms with E-state index in [-0.39, 0.29) is 0 Å². The van der Waals surface area contributed by atoms with Crippen molar-refractivity contribution in [1.82, 2.24) is 5.32 Å². The van der Waals surface area contributed by atoms with Crippen LogP contribution in [0.5, 0.6) is 0 Å². The summed E-state index contributed by atoms with van der Waals surface area (Å²) >= 11 is 2.19. The maximum atomic E-state index is 3.84. The fourth-order valence-electron chi connectivity index (χ4n) is 2.83.